The lowest BCUT2D eigenvalue weighted by Crippen LogP contribution is -2.28. The zero-order valence-corrected chi connectivity index (χ0v) is 18.1. The Morgan fingerprint density at radius 2 is 1.00 bits per heavy atom. The summed E-state index contributed by atoms with van der Waals surface area (Å²) in [5.74, 6) is -0.657. The highest BCUT2D eigenvalue weighted by Gasteiger charge is 2.05. The van der Waals surface area contributed by atoms with Gasteiger partial charge in [0.25, 0.3) is 0 Å². The van der Waals surface area contributed by atoms with Gasteiger partial charge in [0.15, 0.2) is 0 Å². The molecule has 9 nitrogen and oxygen atoms in total. The predicted octanol–water partition coefficient (Wildman–Crippen LogP) is 2.83. The number of rotatable bonds is 21. The van der Waals surface area contributed by atoms with Crippen molar-refractivity contribution in [3.8, 4) is 0 Å². The summed E-state index contributed by atoms with van der Waals surface area (Å²) in [5, 5.41) is 34.3. The second kappa shape index (κ2) is 27.2. The molecule has 0 spiro atoms. The standard InChI is InChI=1S/C14H28O2.C6H15NO6/c1-2-3-4-5-6-7-8-9-10-11-12-13-14(15)16;8-1-4-11-7(12-5-2-9)13-6-3-10/h2-13H2,1H3,(H,15,16);8-10H,1-6H2. The van der Waals surface area contributed by atoms with Gasteiger partial charge in [0.05, 0.1) is 45.0 Å². The van der Waals surface area contributed by atoms with E-state index in [2.05, 4.69) is 6.92 Å². The van der Waals surface area contributed by atoms with Gasteiger partial charge in [-0.2, -0.15) is 0 Å². The first-order valence-corrected chi connectivity index (χ1v) is 10.9. The van der Waals surface area contributed by atoms with Gasteiger partial charge >= 0.3 is 5.97 Å². The Kier molecular flexibility index (Phi) is 28.5. The van der Waals surface area contributed by atoms with E-state index in [4.69, 9.17) is 34.9 Å². The van der Waals surface area contributed by atoms with E-state index in [1.165, 1.54) is 57.8 Å². The van der Waals surface area contributed by atoms with Crippen LogP contribution in [0.3, 0.4) is 0 Å². The van der Waals surface area contributed by atoms with Gasteiger partial charge in [-0.15, -0.1) is 0 Å². The van der Waals surface area contributed by atoms with Crippen molar-refractivity contribution in [1.82, 2.24) is 5.39 Å². The molecule has 0 aliphatic heterocycles. The first-order chi connectivity index (χ1) is 14.1. The predicted molar refractivity (Wildman–Crippen MR) is 110 cm³/mol. The number of hydrogen-bond donors (Lipinski definition) is 4. The molecular formula is C20H43NO8. The normalized spacial score (nSPS) is 10.8. The third-order valence-corrected chi connectivity index (χ3v) is 3.86. The Hall–Kier alpha value is -0.810. The number of aliphatic hydroxyl groups is 3. The minimum Gasteiger partial charge on any atom is -0.481 e. The van der Waals surface area contributed by atoms with Crippen molar-refractivity contribution in [1.29, 1.82) is 0 Å². The lowest BCUT2D eigenvalue weighted by Gasteiger charge is -2.17. The summed E-state index contributed by atoms with van der Waals surface area (Å²) in [7, 11) is 0. The third kappa shape index (κ3) is 29.5. The molecule has 0 atom stereocenters. The summed E-state index contributed by atoms with van der Waals surface area (Å²) in [6.45, 7) is 1.74. The zero-order valence-electron chi connectivity index (χ0n) is 18.1. The SMILES string of the molecule is CCCCCCCCCCCCCC(=O)O.OCCON(OCCO)OCCO. The van der Waals surface area contributed by atoms with Crippen LogP contribution in [0.5, 0.6) is 0 Å². The zero-order chi connectivity index (χ0) is 22.0. The largest absolute Gasteiger partial charge is 0.481 e. The van der Waals surface area contributed by atoms with Gasteiger partial charge in [-0.3, -0.25) is 4.79 Å². The number of aliphatic hydroxyl groups excluding tert-OH is 3. The van der Waals surface area contributed by atoms with Gasteiger partial charge in [-0.1, -0.05) is 71.1 Å². The maximum atomic E-state index is 10.3. The van der Waals surface area contributed by atoms with E-state index in [1.54, 1.807) is 0 Å². The average molecular weight is 426 g/mol. The quantitative estimate of drug-likeness (QED) is 0.162. The molecule has 0 aliphatic carbocycles. The monoisotopic (exact) mass is 425 g/mol. The lowest BCUT2D eigenvalue weighted by molar-refractivity contribution is -0.527. The number of aliphatic carboxylic acids is 1. The number of unbranched alkanes of at least 4 members (excludes halogenated alkanes) is 10. The van der Waals surface area contributed by atoms with Gasteiger partial charge in [-0.25, -0.2) is 14.5 Å². The molecule has 4 N–H and O–H groups in total. The summed E-state index contributed by atoms with van der Waals surface area (Å²) < 4.78 is 0. The van der Waals surface area contributed by atoms with Crippen LogP contribution in [0.4, 0.5) is 0 Å². The Bertz CT molecular complexity index is 302. The van der Waals surface area contributed by atoms with Crippen LogP contribution in [0.2, 0.25) is 0 Å². The van der Waals surface area contributed by atoms with Crippen molar-refractivity contribution in [3.63, 3.8) is 0 Å². The van der Waals surface area contributed by atoms with E-state index in [1.807, 2.05) is 0 Å². The summed E-state index contributed by atoms with van der Waals surface area (Å²) in [4.78, 5) is 24.4. The number of nitrogens with zero attached hydrogens (tertiary/aromatic N) is 1. The number of carboxylic acids is 1. The van der Waals surface area contributed by atoms with Crippen LogP contribution in [0, 0.1) is 0 Å². The average Bonchev–Trinajstić information content (AvgIpc) is 2.71. The number of carboxylic acid groups (broad SMARTS) is 1. The van der Waals surface area contributed by atoms with E-state index in [0.29, 0.717) is 11.8 Å². The second-order valence-electron chi connectivity index (χ2n) is 6.57. The van der Waals surface area contributed by atoms with Crippen molar-refractivity contribution < 1.29 is 39.7 Å². The molecule has 0 bridgehead atoms. The van der Waals surface area contributed by atoms with Crippen molar-refractivity contribution in [3.05, 3.63) is 0 Å². The Balaban J connectivity index is 0. The molecule has 176 valence electrons. The minimum atomic E-state index is -0.657. The van der Waals surface area contributed by atoms with Gasteiger partial charge in [0, 0.05) is 6.42 Å². The molecule has 0 radical (unpaired) electrons. The number of hydrogen-bond acceptors (Lipinski definition) is 8. The second-order valence-corrected chi connectivity index (χ2v) is 6.57. The summed E-state index contributed by atoms with van der Waals surface area (Å²) in [6.07, 6.45) is 14.4. The lowest BCUT2D eigenvalue weighted by atomic mass is 10.1. The minimum absolute atomic E-state index is 0.0108. The fourth-order valence-electron chi connectivity index (χ4n) is 2.40. The highest BCUT2D eigenvalue weighted by atomic mass is 17.2. The van der Waals surface area contributed by atoms with Crippen molar-refractivity contribution in [2.45, 2.75) is 84.0 Å². The fourth-order valence-corrected chi connectivity index (χ4v) is 2.40. The molecule has 0 saturated carbocycles. The molecule has 0 amide bonds. The van der Waals surface area contributed by atoms with Crippen molar-refractivity contribution >= 4 is 5.97 Å². The van der Waals surface area contributed by atoms with Crippen LogP contribution in [0.25, 0.3) is 0 Å². The molecule has 0 aromatic carbocycles. The summed E-state index contributed by atoms with van der Waals surface area (Å²) in [5.41, 5.74) is 0. The van der Waals surface area contributed by atoms with Crippen LogP contribution in [-0.2, 0) is 19.3 Å². The molecule has 0 heterocycles. The first kappa shape index (κ1) is 30.4. The van der Waals surface area contributed by atoms with E-state index in [0.717, 1.165) is 12.8 Å². The molecule has 0 aliphatic rings. The van der Waals surface area contributed by atoms with Crippen LogP contribution in [0.1, 0.15) is 84.0 Å². The van der Waals surface area contributed by atoms with Gasteiger partial charge in [-0.05, 0) is 6.42 Å². The maximum Gasteiger partial charge on any atom is 0.303 e. The first-order valence-electron chi connectivity index (χ1n) is 10.9. The summed E-state index contributed by atoms with van der Waals surface area (Å²) >= 11 is 0. The van der Waals surface area contributed by atoms with Crippen LogP contribution < -0.4 is 0 Å². The van der Waals surface area contributed by atoms with E-state index in [9.17, 15) is 4.79 Å². The Morgan fingerprint density at radius 1 is 0.655 bits per heavy atom. The molecule has 9 heteroatoms. The molecule has 0 saturated heterocycles. The molecule has 0 unspecified atom stereocenters. The molecule has 0 rings (SSSR count). The molecule has 0 aromatic heterocycles. The fraction of sp³-hybridized carbons (Fsp3) is 0.950. The van der Waals surface area contributed by atoms with Gasteiger partial charge < -0.3 is 20.4 Å². The Morgan fingerprint density at radius 3 is 1.31 bits per heavy atom. The highest BCUT2D eigenvalue weighted by molar-refractivity contribution is 5.66. The molecule has 0 fully saturated rings. The van der Waals surface area contributed by atoms with Gasteiger partial charge in [0.2, 0.25) is 0 Å². The summed E-state index contributed by atoms with van der Waals surface area (Å²) in [6, 6.07) is 0. The van der Waals surface area contributed by atoms with E-state index in [-0.39, 0.29) is 39.6 Å². The third-order valence-electron chi connectivity index (χ3n) is 3.86. The maximum absolute atomic E-state index is 10.3. The van der Waals surface area contributed by atoms with Crippen LogP contribution in [-0.4, -0.2) is 71.4 Å². The van der Waals surface area contributed by atoms with Gasteiger partial charge in [0.1, 0.15) is 0 Å². The molecular weight excluding hydrogens is 382 g/mol. The van der Waals surface area contributed by atoms with E-state index >= 15 is 0 Å². The molecule has 29 heavy (non-hydrogen) atoms. The van der Waals surface area contributed by atoms with Crippen molar-refractivity contribution in [2.75, 3.05) is 39.6 Å². The highest BCUT2D eigenvalue weighted by Crippen LogP contribution is 2.11. The number of carbonyl (C=O) groups is 1. The molecule has 0 aromatic rings. The van der Waals surface area contributed by atoms with E-state index < -0.39 is 5.97 Å². The van der Waals surface area contributed by atoms with Crippen LogP contribution in [0.15, 0.2) is 0 Å². The van der Waals surface area contributed by atoms with Crippen LogP contribution >= 0.6 is 0 Å². The Labute approximate surface area is 175 Å². The smallest absolute Gasteiger partial charge is 0.303 e. The topological polar surface area (TPSA) is 129 Å². The van der Waals surface area contributed by atoms with Crippen molar-refractivity contribution in [2.24, 2.45) is 0 Å².